The van der Waals surface area contributed by atoms with E-state index in [9.17, 15) is 9.59 Å². The summed E-state index contributed by atoms with van der Waals surface area (Å²) in [4.78, 5) is 29.8. The Balaban J connectivity index is 1.40. The number of nitrogens with zero attached hydrogens (tertiary/aromatic N) is 1. The quantitative estimate of drug-likeness (QED) is 0.628. The lowest BCUT2D eigenvalue weighted by atomic mass is 9.82. The molecular formula is C20H22N2O4S. The lowest BCUT2D eigenvalue weighted by Crippen LogP contribution is -2.36. The van der Waals surface area contributed by atoms with Gasteiger partial charge < -0.3 is 14.8 Å². The van der Waals surface area contributed by atoms with Crippen LogP contribution in [0.15, 0.2) is 36.4 Å². The van der Waals surface area contributed by atoms with Crippen LogP contribution < -0.4 is 5.32 Å². The fraction of sp³-hybridized carbons (Fsp3) is 0.450. The van der Waals surface area contributed by atoms with Gasteiger partial charge in [0.05, 0.1) is 28.2 Å². The molecule has 0 saturated carbocycles. The molecule has 1 aliphatic carbocycles. The lowest BCUT2D eigenvalue weighted by Gasteiger charge is -2.26. The number of para-hydroxylation sites is 1. The van der Waals surface area contributed by atoms with Gasteiger partial charge in [0.2, 0.25) is 5.91 Å². The molecule has 1 aromatic heterocycles. The molecule has 0 spiro atoms. The third-order valence-electron chi connectivity index (χ3n) is 5.03. The summed E-state index contributed by atoms with van der Waals surface area (Å²) >= 11 is 1.43. The maximum absolute atomic E-state index is 12.8. The van der Waals surface area contributed by atoms with Crippen LogP contribution in [-0.2, 0) is 19.1 Å². The van der Waals surface area contributed by atoms with Crippen LogP contribution in [0, 0.1) is 11.8 Å². The Hall–Kier alpha value is -2.25. The van der Waals surface area contributed by atoms with Crippen LogP contribution in [0.1, 0.15) is 25.7 Å². The highest BCUT2D eigenvalue weighted by molar-refractivity contribution is 7.22. The van der Waals surface area contributed by atoms with Crippen molar-refractivity contribution in [3.05, 3.63) is 36.4 Å². The summed E-state index contributed by atoms with van der Waals surface area (Å²) in [5.41, 5.74) is 0.855. The van der Waals surface area contributed by atoms with Crippen LogP contribution in [0.5, 0.6) is 0 Å². The number of aromatic nitrogens is 1. The molecule has 2 aromatic rings. The first-order chi connectivity index (χ1) is 13.2. The maximum atomic E-state index is 12.8. The van der Waals surface area contributed by atoms with Crippen molar-refractivity contribution < 1.29 is 19.1 Å². The number of anilines is 1. The summed E-state index contributed by atoms with van der Waals surface area (Å²) in [7, 11) is 0. The van der Waals surface area contributed by atoms with Gasteiger partial charge in [-0.3, -0.25) is 9.59 Å². The molecule has 142 valence electrons. The number of nitrogens with one attached hydrogen (secondary N) is 1. The monoisotopic (exact) mass is 386 g/mol. The van der Waals surface area contributed by atoms with Gasteiger partial charge in [-0.25, -0.2) is 4.98 Å². The standard InChI is InChI=1S/C20H22N2O4S/c23-18(22-20-21-16-9-3-4-10-17(16)27-20)14-7-1-2-8-15(14)19(24)26-12-13-6-5-11-25-13/h1-4,9-10,13-15H,5-8,11-12H2,(H,21,22,23). The predicted octanol–water partition coefficient (Wildman–Crippen LogP) is 3.54. The topological polar surface area (TPSA) is 77.5 Å². The zero-order valence-corrected chi connectivity index (χ0v) is 15.7. The molecule has 1 aromatic carbocycles. The Bertz CT molecular complexity index is 824. The normalized spacial score (nSPS) is 24.8. The summed E-state index contributed by atoms with van der Waals surface area (Å²) in [6, 6.07) is 7.74. The second-order valence-corrected chi connectivity index (χ2v) is 7.93. The van der Waals surface area contributed by atoms with Crippen molar-refractivity contribution in [1.29, 1.82) is 0 Å². The number of benzene rings is 1. The average molecular weight is 386 g/mol. The molecule has 1 aliphatic heterocycles. The van der Waals surface area contributed by atoms with Gasteiger partial charge in [-0.15, -0.1) is 0 Å². The van der Waals surface area contributed by atoms with Crippen LogP contribution in [0.2, 0.25) is 0 Å². The first kappa shape index (κ1) is 18.1. The second kappa shape index (κ2) is 8.19. The molecule has 0 radical (unpaired) electrons. The first-order valence-electron chi connectivity index (χ1n) is 9.30. The summed E-state index contributed by atoms with van der Waals surface area (Å²) in [5.74, 6) is -1.42. The molecule has 3 unspecified atom stereocenters. The van der Waals surface area contributed by atoms with E-state index in [-0.39, 0.29) is 24.6 Å². The van der Waals surface area contributed by atoms with Gasteiger partial charge >= 0.3 is 5.97 Å². The van der Waals surface area contributed by atoms with Crippen LogP contribution in [0.25, 0.3) is 10.2 Å². The number of esters is 1. The van der Waals surface area contributed by atoms with Crippen molar-refractivity contribution in [2.45, 2.75) is 31.8 Å². The highest BCUT2D eigenvalue weighted by Crippen LogP contribution is 2.30. The number of fused-ring (bicyclic) bond motifs is 1. The fourth-order valence-corrected chi connectivity index (χ4v) is 4.41. The Morgan fingerprint density at radius 3 is 2.81 bits per heavy atom. The second-order valence-electron chi connectivity index (χ2n) is 6.90. The fourth-order valence-electron chi connectivity index (χ4n) is 3.55. The van der Waals surface area contributed by atoms with E-state index in [1.165, 1.54) is 11.3 Å². The first-order valence-corrected chi connectivity index (χ1v) is 10.1. The summed E-state index contributed by atoms with van der Waals surface area (Å²) in [6.07, 6.45) is 6.84. The zero-order valence-electron chi connectivity index (χ0n) is 14.9. The molecule has 2 aliphatic rings. The molecule has 1 N–H and O–H groups in total. The SMILES string of the molecule is O=C(Nc1nc2ccccc2s1)C1CC=CCC1C(=O)OCC1CCCO1. The Morgan fingerprint density at radius 1 is 1.22 bits per heavy atom. The van der Waals surface area contributed by atoms with E-state index in [4.69, 9.17) is 9.47 Å². The van der Waals surface area contributed by atoms with Crippen molar-refractivity contribution in [3.63, 3.8) is 0 Å². The smallest absolute Gasteiger partial charge is 0.310 e. The van der Waals surface area contributed by atoms with Gasteiger partial charge in [0.1, 0.15) is 6.61 Å². The van der Waals surface area contributed by atoms with E-state index in [2.05, 4.69) is 10.3 Å². The van der Waals surface area contributed by atoms with E-state index in [1.54, 1.807) is 0 Å². The highest BCUT2D eigenvalue weighted by Gasteiger charge is 2.36. The number of allylic oxidation sites excluding steroid dienone is 2. The van der Waals surface area contributed by atoms with Crippen molar-refractivity contribution in [1.82, 2.24) is 4.98 Å². The summed E-state index contributed by atoms with van der Waals surface area (Å²) in [6.45, 7) is 0.993. The number of hydrogen-bond donors (Lipinski definition) is 1. The largest absolute Gasteiger partial charge is 0.463 e. The highest BCUT2D eigenvalue weighted by atomic mass is 32.1. The van der Waals surface area contributed by atoms with Crippen molar-refractivity contribution in [2.24, 2.45) is 11.8 Å². The van der Waals surface area contributed by atoms with Gasteiger partial charge in [0.15, 0.2) is 5.13 Å². The third kappa shape index (κ3) is 4.20. The Labute approximate surface area is 161 Å². The van der Waals surface area contributed by atoms with Gasteiger partial charge in [-0.2, -0.15) is 0 Å². The van der Waals surface area contributed by atoms with Gasteiger partial charge in [-0.1, -0.05) is 35.6 Å². The van der Waals surface area contributed by atoms with Crippen molar-refractivity contribution >= 4 is 38.6 Å². The van der Waals surface area contributed by atoms with E-state index >= 15 is 0 Å². The number of rotatable bonds is 5. The summed E-state index contributed by atoms with van der Waals surface area (Å²) < 4.78 is 12.0. The number of carbonyl (C=O) groups is 2. The van der Waals surface area contributed by atoms with E-state index in [0.29, 0.717) is 18.0 Å². The van der Waals surface area contributed by atoms with Gasteiger partial charge in [0, 0.05) is 6.61 Å². The molecule has 0 bridgehead atoms. The molecule has 6 nitrogen and oxygen atoms in total. The average Bonchev–Trinajstić information content (AvgIpc) is 3.35. The summed E-state index contributed by atoms with van der Waals surface area (Å²) in [5, 5.41) is 3.44. The molecular weight excluding hydrogens is 364 g/mol. The molecule has 3 atom stereocenters. The minimum Gasteiger partial charge on any atom is -0.463 e. The van der Waals surface area contributed by atoms with Gasteiger partial charge in [-0.05, 0) is 37.8 Å². The number of ether oxygens (including phenoxy) is 2. The van der Waals surface area contributed by atoms with E-state index < -0.39 is 11.8 Å². The Kier molecular flexibility index (Phi) is 5.50. The van der Waals surface area contributed by atoms with Crippen LogP contribution in [0.4, 0.5) is 5.13 Å². The number of hydrogen-bond acceptors (Lipinski definition) is 6. The molecule has 7 heteroatoms. The number of amides is 1. The van der Waals surface area contributed by atoms with E-state index in [1.807, 2.05) is 36.4 Å². The molecule has 27 heavy (non-hydrogen) atoms. The van der Waals surface area contributed by atoms with Crippen LogP contribution >= 0.6 is 11.3 Å². The van der Waals surface area contributed by atoms with Gasteiger partial charge in [0.25, 0.3) is 0 Å². The molecule has 1 saturated heterocycles. The van der Waals surface area contributed by atoms with Crippen molar-refractivity contribution in [2.75, 3.05) is 18.5 Å². The van der Waals surface area contributed by atoms with Crippen LogP contribution in [0.3, 0.4) is 0 Å². The number of carbonyl (C=O) groups excluding carboxylic acids is 2. The molecule has 2 heterocycles. The van der Waals surface area contributed by atoms with E-state index in [0.717, 1.165) is 29.7 Å². The number of thiazole rings is 1. The van der Waals surface area contributed by atoms with Crippen LogP contribution in [-0.4, -0.2) is 36.2 Å². The zero-order chi connectivity index (χ0) is 18.6. The third-order valence-corrected chi connectivity index (χ3v) is 5.98. The lowest BCUT2D eigenvalue weighted by molar-refractivity contribution is -0.155. The van der Waals surface area contributed by atoms with Crippen molar-refractivity contribution in [3.8, 4) is 0 Å². The molecule has 4 rings (SSSR count). The Morgan fingerprint density at radius 2 is 2.04 bits per heavy atom. The minimum atomic E-state index is -0.467. The molecule has 1 amide bonds. The minimum absolute atomic E-state index is 0.0110. The molecule has 1 fully saturated rings. The predicted molar refractivity (Wildman–Crippen MR) is 104 cm³/mol. The maximum Gasteiger partial charge on any atom is 0.310 e.